The molecular formula is C26H40N4O7. The van der Waals surface area contributed by atoms with E-state index in [-0.39, 0.29) is 6.54 Å². The lowest BCUT2D eigenvalue weighted by atomic mass is 9.99. The topological polar surface area (TPSA) is 157 Å². The zero-order valence-electron chi connectivity index (χ0n) is 22.6. The van der Waals surface area contributed by atoms with Gasteiger partial charge in [-0.2, -0.15) is 0 Å². The predicted octanol–water partition coefficient (Wildman–Crippen LogP) is 2.11. The average Bonchev–Trinajstić information content (AvgIpc) is 2.79. The van der Waals surface area contributed by atoms with Gasteiger partial charge in [0.05, 0.1) is 13.5 Å². The molecule has 0 aliphatic heterocycles. The molecule has 0 saturated carbocycles. The number of nitrogens with two attached hydrogens (primary N) is 1. The summed E-state index contributed by atoms with van der Waals surface area (Å²) in [6.07, 6.45) is 0.792. The molecule has 0 heterocycles. The number of aryl methyl sites for hydroxylation is 1. The van der Waals surface area contributed by atoms with E-state index in [1.165, 1.54) is 12.0 Å². The molecule has 0 spiro atoms. The third-order valence-electron chi connectivity index (χ3n) is 5.23. The number of carbonyl (C=O) groups is 5. The fourth-order valence-corrected chi connectivity index (χ4v) is 3.59. The van der Waals surface area contributed by atoms with E-state index in [2.05, 4.69) is 15.4 Å². The summed E-state index contributed by atoms with van der Waals surface area (Å²) in [5.41, 5.74) is 5.90. The fourth-order valence-electron chi connectivity index (χ4n) is 3.59. The number of hydrogen-bond donors (Lipinski definition) is 3. The minimum atomic E-state index is -1.37. The molecule has 0 bridgehead atoms. The Hall–Kier alpha value is -3.63. The minimum absolute atomic E-state index is 0.155. The van der Waals surface area contributed by atoms with E-state index < -0.39 is 60.4 Å². The lowest BCUT2D eigenvalue weighted by Gasteiger charge is -2.34. The molecule has 206 valence electrons. The second kappa shape index (κ2) is 14.8. The van der Waals surface area contributed by atoms with Crippen molar-refractivity contribution >= 4 is 29.8 Å². The zero-order chi connectivity index (χ0) is 28.2. The number of unbranched alkanes of at least 4 members (excludes halogenated alkanes) is 2. The molecule has 2 atom stereocenters. The zero-order valence-corrected chi connectivity index (χ0v) is 22.6. The minimum Gasteiger partial charge on any atom is -0.468 e. The SMILES string of the molecule is CCCCCN(C(=O)C(CC(N)=O)NC(=O)OC(C)(C)C)C(C(=O)NCC(=O)OC)c1cccc(C)c1. The van der Waals surface area contributed by atoms with Crippen LogP contribution in [-0.2, 0) is 28.7 Å². The van der Waals surface area contributed by atoms with Crippen molar-refractivity contribution in [1.82, 2.24) is 15.5 Å². The summed E-state index contributed by atoms with van der Waals surface area (Å²) >= 11 is 0. The molecule has 37 heavy (non-hydrogen) atoms. The first-order valence-electron chi connectivity index (χ1n) is 12.3. The Balaban J connectivity index is 3.48. The number of benzene rings is 1. The number of rotatable bonds is 13. The second-order valence-corrected chi connectivity index (χ2v) is 9.72. The van der Waals surface area contributed by atoms with E-state index in [0.717, 1.165) is 18.4 Å². The van der Waals surface area contributed by atoms with Crippen molar-refractivity contribution in [2.75, 3.05) is 20.2 Å². The third-order valence-corrected chi connectivity index (χ3v) is 5.23. The van der Waals surface area contributed by atoms with Crippen molar-refractivity contribution in [2.24, 2.45) is 5.73 Å². The number of nitrogens with zero attached hydrogens (tertiary/aromatic N) is 1. The molecule has 11 nitrogen and oxygen atoms in total. The normalized spacial score (nSPS) is 12.6. The number of carbonyl (C=O) groups excluding carboxylic acids is 5. The van der Waals surface area contributed by atoms with Crippen molar-refractivity contribution in [1.29, 1.82) is 0 Å². The highest BCUT2D eigenvalue weighted by Crippen LogP contribution is 2.25. The Morgan fingerprint density at radius 1 is 1.11 bits per heavy atom. The summed E-state index contributed by atoms with van der Waals surface area (Å²) in [7, 11) is 1.20. The lowest BCUT2D eigenvalue weighted by molar-refractivity contribution is -0.145. The van der Waals surface area contributed by atoms with Crippen LogP contribution in [0.2, 0.25) is 0 Å². The molecule has 11 heteroatoms. The number of ether oxygens (including phenoxy) is 2. The Morgan fingerprint density at radius 3 is 2.32 bits per heavy atom. The van der Waals surface area contributed by atoms with Gasteiger partial charge in [-0.05, 0) is 39.7 Å². The van der Waals surface area contributed by atoms with E-state index in [1.54, 1.807) is 39.0 Å². The fraction of sp³-hybridized carbons (Fsp3) is 0.577. The molecule has 4 amide bonds. The summed E-state index contributed by atoms with van der Waals surface area (Å²) < 4.78 is 9.87. The third kappa shape index (κ3) is 11.3. The van der Waals surface area contributed by atoms with Crippen molar-refractivity contribution in [3.05, 3.63) is 35.4 Å². The Kier molecular flexibility index (Phi) is 12.6. The summed E-state index contributed by atoms with van der Waals surface area (Å²) in [6.45, 7) is 8.58. The van der Waals surface area contributed by atoms with Crippen LogP contribution in [0.15, 0.2) is 24.3 Å². The van der Waals surface area contributed by atoms with Gasteiger partial charge in [0.2, 0.25) is 17.7 Å². The Labute approximate surface area is 218 Å². The first kappa shape index (κ1) is 31.4. The van der Waals surface area contributed by atoms with Gasteiger partial charge in [0.15, 0.2) is 0 Å². The maximum atomic E-state index is 13.8. The van der Waals surface area contributed by atoms with Crippen LogP contribution in [-0.4, -0.2) is 66.5 Å². The number of nitrogens with one attached hydrogen (secondary N) is 2. The van der Waals surface area contributed by atoms with Crippen LogP contribution >= 0.6 is 0 Å². The predicted molar refractivity (Wildman–Crippen MR) is 137 cm³/mol. The molecule has 0 saturated heterocycles. The molecule has 2 unspecified atom stereocenters. The van der Waals surface area contributed by atoms with Crippen LogP contribution in [0.5, 0.6) is 0 Å². The van der Waals surface area contributed by atoms with Crippen LogP contribution < -0.4 is 16.4 Å². The van der Waals surface area contributed by atoms with E-state index >= 15 is 0 Å². The largest absolute Gasteiger partial charge is 0.468 e. The van der Waals surface area contributed by atoms with Gasteiger partial charge in [0, 0.05) is 6.54 Å². The summed E-state index contributed by atoms with van der Waals surface area (Å²) in [5, 5.41) is 4.95. The molecule has 0 fully saturated rings. The standard InChI is InChI=1S/C26H40N4O7/c1-7-8-9-13-30(24(34)19(15-20(27)31)29-25(35)37-26(3,4)5)22(18-12-10-11-17(2)14-18)23(33)28-16-21(32)36-6/h10-12,14,19,22H,7-9,13,15-16H2,1-6H3,(H2,27,31)(H,28,33)(H,29,35). The molecule has 1 aromatic carbocycles. The second-order valence-electron chi connectivity index (χ2n) is 9.72. The monoisotopic (exact) mass is 520 g/mol. The summed E-state index contributed by atoms with van der Waals surface area (Å²) in [6, 6.07) is 4.53. The molecule has 0 aromatic heterocycles. The molecule has 0 radical (unpaired) electrons. The van der Waals surface area contributed by atoms with Crippen molar-refractivity contribution in [3.63, 3.8) is 0 Å². The van der Waals surface area contributed by atoms with Gasteiger partial charge < -0.3 is 30.7 Å². The van der Waals surface area contributed by atoms with Gasteiger partial charge in [-0.3, -0.25) is 19.2 Å². The van der Waals surface area contributed by atoms with E-state index in [0.29, 0.717) is 12.0 Å². The molecule has 1 aromatic rings. The van der Waals surface area contributed by atoms with Crippen LogP contribution in [0.4, 0.5) is 4.79 Å². The number of primary amides is 1. The molecule has 4 N–H and O–H groups in total. The van der Waals surface area contributed by atoms with Crippen molar-refractivity contribution in [2.45, 2.75) is 78.0 Å². The smallest absolute Gasteiger partial charge is 0.408 e. The molecule has 0 aliphatic carbocycles. The highest BCUT2D eigenvalue weighted by atomic mass is 16.6. The number of esters is 1. The number of methoxy groups -OCH3 is 1. The van der Waals surface area contributed by atoms with Gasteiger partial charge in [-0.15, -0.1) is 0 Å². The number of amides is 4. The quantitative estimate of drug-likeness (QED) is 0.265. The van der Waals surface area contributed by atoms with E-state index in [4.69, 9.17) is 10.5 Å². The number of hydrogen-bond acceptors (Lipinski definition) is 7. The Bertz CT molecular complexity index is 958. The molecule has 1 rings (SSSR count). The van der Waals surface area contributed by atoms with Crippen LogP contribution in [0.3, 0.4) is 0 Å². The maximum absolute atomic E-state index is 13.8. The first-order valence-corrected chi connectivity index (χ1v) is 12.3. The summed E-state index contributed by atoms with van der Waals surface area (Å²) in [4.78, 5) is 64.5. The average molecular weight is 521 g/mol. The van der Waals surface area contributed by atoms with Crippen molar-refractivity contribution < 1.29 is 33.4 Å². The molecular weight excluding hydrogens is 480 g/mol. The van der Waals surface area contributed by atoms with Gasteiger partial charge in [0.1, 0.15) is 24.2 Å². The van der Waals surface area contributed by atoms with Gasteiger partial charge in [-0.1, -0.05) is 49.6 Å². The Morgan fingerprint density at radius 2 is 1.78 bits per heavy atom. The van der Waals surface area contributed by atoms with E-state index in [9.17, 15) is 24.0 Å². The van der Waals surface area contributed by atoms with Gasteiger partial charge >= 0.3 is 12.1 Å². The van der Waals surface area contributed by atoms with Crippen LogP contribution in [0, 0.1) is 6.92 Å². The van der Waals surface area contributed by atoms with E-state index in [1.807, 2.05) is 19.9 Å². The maximum Gasteiger partial charge on any atom is 0.408 e. The van der Waals surface area contributed by atoms with Crippen LogP contribution in [0.1, 0.15) is 70.5 Å². The highest BCUT2D eigenvalue weighted by molar-refractivity contribution is 5.95. The highest BCUT2D eigenvalue weighted by Gasteiger charge is 2.37. The van der Waals surface area contributed by atoms with Gasteiger partial charge in [-0.25, -0.2) is 4.79 Å². The van der Waals surface area contributed by atoms with Gasteiger partial charge in [0.25, 0.3) is 0 Å². The lowest BCUT2D eigenvalue weighted by Crippen LogP contribution is -2.54. The number of alkyl carbamates (subject to hydrolysis) is 1. The first-order chi connectivity index (χ1) is 17.3. The molecule has 0 aliphatic rings. The summed E-state index contributed by atoms with van der Waals surface area (Å²) in [5.74, 6) is -2.76. The van der Waals surface area contributed by atoms with Crippen LogP contribution in [0.25, 0.3) is 0 Å². The van der Waals surface area contributed by atoms with Crippen molar-refractivity contribution in [3.8, 4) is 0 Å².